The Morgan fingerprint density at radius 1 is 0.600 bits per heavy atom. The minimum atomic E-state index is 0.0258. The molecule has 320 valence electrons. The van der Waals surface area contributed by atoms with Gasteiger partial charge >= 0.3 is 0 Å². The van der Waals surface area contributed by atoms with Crippen molar-refractivity contribution in [1.82, 2.24) is 39.5 Å². The summed E-state index contributed by atoms with van der Waals surface area (Å²) in [5, 5.41) is 0. The summed E-state index contributed by atoms with van der Waals surface area (Å²) in [4.78, 5) is 54.5. The van der Waals surface area contributed by atoms with Crippen LogP contribution in [0.25, 0.3) is 33.6 Å². The van der Waals surface area contributed by atoms with Crippen LogP contribution in [0, 0.1) is 17.8 Å². The number of rotatable bonds is 13. The number of hydrogen-bond acceptors (Lipinski definition) is 6. The molecule has 0 unspecified atom stereocenters. The Kier molecular flexibility index (Phi) is 12.3. The van der Waals surface area contributed by atoms with Gasteiger partial charge in [-0.05, 0) is 138 Å². The van der Waals surface area contributed by atoms with E-state index in [0.29, 0.717) is 35.9 Å². The molecular weight excluding hydrogens is 745 g/mol. The number of fused-ring (bicyclic) bond motifs is 2. The number of nitrogens with zero attached hydrogens (tertiary/aromatic N) is 6. The molecule has 60 heavy (non-hydrogen) atoms. The summed E-state index contributed by atoms with van der Waals surface area (Å²) in [7, 11) is 0. The molecule has 3 aliphatic carbocycles. The predicted octanol–water partition coefficient (Wildman–Crippen LogP) is 9.65. The average molecular weight is 813 g/mol. The first kappa shape index (κ1) is 41.1. The summed E-state index contributed by atoms with van der Waals surface area (Å²) in [6, 6.07) is 19.1. The summed E-state index contributed by atoms with van der Waals surface area (Å²) >= 11 is 0. The smallest absolute Gasteiger partial charge is 0.226 e. The highest BCUT2D eigenvalue weighted by Crippen LogP contribution is 2.51. The number of carbonyl (C=O) groups is 2. The molecule has 4 atom stereocenters. The lowest BCUT2D eigenvalue weighted by Crippen LogP contribution is -2.46. The molecule has 2 N–H and O–H groups in total. The zero-order valence-electron chi connectivity index (χ0n) is 36.6. The van der Waals surface area contributed by atoms with E-state index in [0.717, 1.165) is 155 Å². The number of hydrogen-bond donors (Lipinski definition) is 2. The molecule has 4 aromatic rings. The van der Waals surface area contributed by atoms with Crippen molar-refractivity contribution in [2.45, 2.75) is 141 Å². The normalized spacial score (nSPS) is 28.0. The van der Waals surface area contributed by atoms with Crippen LogP contribution in [-0.2, 0) is 9.59 Å². The first-order valence-corrected chi connectivity index (χ1v) is 23.8. The van der Waals surface area contributed by atoms with Crippen LogP contribution in [0.2, 0.25) is 0 Å². The summed E-state index contributed by atoms with van der Waals surface area (Å²) in [6.07, 6.45) is 17.8. The lowest BCUT2D eigenvalue weighted by Gasteiger charge is -2.40. The summed E-state index contributed by atoms with van der Waals surface area (Å²) in [6.45, 7) is 14.2. The Labute approximate surface area is 357 Å². The minimum Gasteiger partial charge on any atom is -0.340 e. The molecule has 4 heterocycles. The molecule has 0 spiro atoms. The van der Waals surface area contributed by atoms with E-state index in [4.69, 9.17) is 9.97 Å². The topological polar surface area (TPSA) is 104 Å². The number of piperidine rings is 1. The van der Waals surface area contributed by atoms with Gasteiger partial charge < -0.3 is 29.6 Å². The molecule has 5 aliphatic rings. The molecule has 3 saturated carbocycles. The van der Waals surface area contributed by atoms with Gasteiger partial charge in [-0.3, -0.25) is 9.59 Å². The Morgan fingerprint density at radius 2 is 1.08 bits per heavy atom. The first-order chi connectivity index (χ1) is 29.4. The lowest BCUT2D eigenvalue weighted by molar-refractivity contribution is -0.142. The molecule has 0 radical (unpaired) electrons. The molecule has 5 fully saturated rings. The van der Waals surface area contributed by atoms with Gasteiger partial charge in [0.1, 0.15) is 11.6 Å². The van der Waals surface area contributed by atoms with Crippen LogP contribution in [0.3, 0.4) is 0 Å². The number of imidazole rings is 2. The second kappa shape index (κ2) is 18.0. The zero-order chi connectivity index (χ0) is 41.3. The fourth-order valence-corrected chi connectivity index (χ4v) is 12.2. The van der Waals surface area contributed by atoms with Gasteiger partial charge in [0.05, 0.1) is 35.9 Å². The first-order valence-electron chi connectivity index (χ1n) is 23.8. The Hall–Kier alpha value is -4.28. The third-order valence-electron chi connectivity index (χ3n) is 15.6. The van der Waals surface area contributed by atoms with Crippen molar-refractivity contribution < 1.29 is 9.59 Å². The molecule has 2 aromatic heterocycles. The van der Waals surface area contributed by atoms with Crippen LogP contribution in [-0.4, -0.2) is 102 Å². The Morgan fingerprint density at radius 3 is 1.62 bits per heavy atom. The quantitative estimate of drug-likeness (QED) is 0.139. The van der Waals surface area contributed by atoms with Gasteiger partial charge in [-0.25, -0.2) is 9.97 Å². The molecule has 10 heteroatoms. The zero-order valence-corrected chi connectivity index (χ0v) is 36.6. The van der Waals surface area contributed by atoms with Gasteiger partial charge in [-0.2, -0.15) is 0 Å². The molecule has 2 saturated heterocycles. The summed E-state index contributed by atoms with van der Waals surface area (Å²) in [5.74, 6) is 3.32. The van der Waals surface area contributed by atoms with E-state index in [1.807, 2.05) is 12.4 Å². The number of nitrogens with one attached hydrogen (secondary N) is 2. The second-order valence-electron chi connectivity index (χ2n) is 18.6. The van der Waals surface area contributed by atoms with Crippen molar-refractivity contribution in [3.8, 4) is 33.6 Å². The number of H-pyrrole nitrogens is 2. The number of aromatic nitrogens is 4. The van der Waals surface area contributed by atoms with Gasteiger partial charge in [-0.15, -0.1) is 0 Å². The van der Waals surface area contributed by atoms with Crippen LogP contribution in [0.4, 0.5) is 0 Å². The molecular formula is C50H68N8O2. The van der Waals surface area contributed by atoms with E-state index in [1.54, 1.807) is 0 Å². The Balaban J connectivity index is 0.820. The predicted molar refractivity (Wildman–Crippen MR) is 239 cm³/mol. The monoisotopic (exact) mass is 813 g/mol. The number of amides is 2. The van der Waals surface area contributed by atoms with E-state index in [1.165, 1.54) is 6.42 Å². The van der Waals surface area contributed by atoms with Crippen molar-refractivity contribution in [2.24, 2.45) is 17.8 Å². The molecule has 2 bridgehead atoms. The molecule has 2 aliphatic heterocycles. The standard InChI is InChI=1S/C50H68N8O2/c1-5-55(6-2)40-24-19-37(20-25-40)49(59)57-29-9-10-45(57)47-51-31-43(53-47)35-15-11-33(12-16-35)34-13-17-36(18-14-34)44-32-52-48(54-44)46-39-23-28-42(30-39)58(46)50(60)38-21-26-41(27-22-38)56(7-3)8-4/h11-18,31-32,37-42,45-46H,5-10,19-30H2,1-4H3,(H,51,53)(H,52,54)/t37?,38?,39-,40?,41?,42-,45-,46+/m0/s1. The van der Waals surface area contributed by atoms with E-state index in [9.17, 15) is 9.59 Å². The number of benzene rings is 2. The van der Waals surface area contributed by atoms with Gasteiger partial charge in [0.15, 0.2) is 0 Å². The highest BCUT2D eigenvalue weighted by Gasteiger charge is 2.51. The Bertz CT molecular complexity index is 2050. The van der Waals surface area contributed by atoms with E-state index >= 15 is 0 Å². The van der Waals surface area contributed by atoms with Gasteiger partial charge in [0.25, 0.3) is 0 Å². The molecule has 9 rings (SSSR count). The number of aromatic amines is 2. The fourth-order valence-electron chi connectivity index (χ4n) is 12.2. The largest absolute Gasteiger partial charge is 0.340 e. The van der Waals surface area contributed by atoms with E-state index in [2.05, 4.69) is 106 Å². The lowest BCUT2D eigenvalue weighted by atomic mass is 9.83. The van der Waals surface area contributed by atoms with Crippen molar-refractivity contribution in [3.63, 3.8) is 0 Å². The average Bonchev–Trinajstić information content (AvgIpc) is 4.17. The third kappa shape index (κ3) is 7.99. The molecule has 2 aromatic carbocycles. The fraction of sp³-hybridized carbons (Fsp3) is 0.600. The van der Waals surface area contributed by atoms with Crippen molar-refractivity contribution in [1.29, 1.82) is 0 Å². The maximum atomic E-state index is 14.2. The van der Waals surface area contributed by atoms with Crippen LogP contribution in [0.1, 0.15) is 135 Å². The van der Waals surface area contributed by atoms with Gasteiger partial charge in [0.2, 0.25) is 11.8 Å². The maximum Gasteiger partial charge on any atom is 0.226 e. The third-order valence-corrected chi connectivity index (χ3v) is 15.6. The molecule has 10 nitrogen and oxygen atoms in total. The summed E-state index contributed by atoms with van der Waals surface area (Å²) in [5.41, 5.74) is 6.48. The number of carbonyl (C=O) groups excluding carboxylic acids is 2. The van der Waals surface area contributed by atoms with Gasteiger partial charge in [0, 0.05) is 36.5 Å². The van der Waals surface area contributed by atoms with Crippen LogP contribution < -0.4 is 0 Å². The van der Waals surface area contributed by atoms with Crippen molar-refractivity contribution in [3.05, 3.63) is 72.6 Å². The van der Waals surface area contributed by atoms with Crippen LogP contribution in [0.15, 0.2) is 60.9 Å². The molecule has 2 amide bonds. The van der Waals surface area contributed by atoms with Crippen LogP contribution >= 0.6 is 0 Å². The minimum absolute atomic E-state index is 0.0258. The van der Waals surface area contributed by atoms with Crippen molar-refractivity contribution >= 4 is 11.8 Å². The maximum absolute atomic E-state index is 14.2. The van der Waals surface area contributed by atoms with Gasteiger partial charge in [-0.1, -0.05) is 76.2 Å². The highest BCUT2D eigenvalue weighted by atomic mass is 16.2. The SMILES string of the molecule is CCN(CC)C1CCC(C(=O)N2CCC[C@H]2c2ncc(-c3ccc(-c4ccc(-c5cnc([C@H]6[C@H]7CC[C@@H](C7)N6C(=O)C6CCC(N(CC)CC)CC6)[nH]5)cc4)cc3)[nH]2)CC1. The van der Waals surface area contributed by atoms with Crippen LogP contribution in [0.5, 0.6) is 0 Å². The number of likely N-dealkylation sites (tertiary alicyclic amines) is 2. The van der Waals surface area contributed by atoms with E-state index in [-0.39, 0.29) is 23.9 Å². The van der Waals surface area contributed by atoms with E-state index < -0.39 is 0 Å². The highest BCUT2D eigenvalue weighted by molar-refractivity contribution is 5.81. The second-order valence-corrected chi connectivity index (χ2v) is 18.6. The van der Waals surface area contributed by atoms with Crippen molar-refractivity contribution in [2.75, 3.05) is 32.7 Å². The summed E-state index contributed by atoms with van der Waals surface area (Å²) < 4.78 is 0.